The van der Waals surface area contributed by atoms with Crippen LogP contribution in [-0.2, 0) is 18.1 Å². The van der Waals surface area contributed by atoms with E-state index in [-0.39, 0.29) is 12.0 Å². The third kappa shape index (κ3) is 8.28. The van der Waals surface area contributed by atoms with Gasteiger partial charge in [-0.05, 0) is 33.1 Å². The molecule has 0 bridgehead atoms. The van der Waals surface area contributed by atoms with Gasteiger partial charge in [0.2, 0.25) is 0 Å². The predicted octanol–water partition coefficient (Wildman–Crippen LogP) is 4.01. The van der Waals surface area contributed by atoms with Gasteiger partial charge in [0.15, 0.2) is 0 Å². The zero-order valence-corrected chi connectivity index (χ0v) is 11.8. The second-order valence-electron chi connectivity index (χ2n) is 5.69. The highest BCUT2D eigenvalue weighted by molar-refractivity contribution is 7.48. The smallest absolute Gasteiger partial charge is 0.287 e. The van der Waals surface area contributed by atoms with Gasteiger partial charge in [0.25, 0.3) is 0 Å². The van der Waals surface area contributed by atoms with Gasteiger partial charge < -0.3 is 0 Å². The minimum atomic E-state index is -4.23. The summed E-state index contributed by atoms with van der Waals surface area (Å²) in [6, 6.07) is 0. The first-order valence-electron chi connectivity index (χ1n) is 7.22. The largest absolute Gasteiger partial charge is 0.475 e. The van der Waals surface area contributed by atoms with Gasteiger partial charge in [0.1, 0.15) is 0 Å². The normalized spacial score (nSPS) is 21.9. The van der Waals surface area contributed by atoms with Crippen molar-refractivity contribution in [1.29, 1.82) is 0 Å². The van der Waals surface area contributed by atoms with Crippen LogP contribution in [0.15, 0.2) is 0 Å². The number of rotatable bonds is 5. The first kappa shape index (κ1) is 10.1. The average Bonchev–Trinajstić information content (AvgIpc) is 2.09. The lowest BCUT2D eigenvalue weighted by atomic mass is 9.99. The molecule has 0 aliphatic carbocycles. The molecule has 0 spiro atoms. The lowest BCUT2D eigenvalue weighted by Gasteiger charge is -2.28. The SMILES string of the molecule is [2H]C([2H])C([3H])([3H])OP(=O)(OCC(C)(C)C)OC(C)(C)C. The average molecular weight is 258 g/mol. The van der Waals surface area contributed by atoms with Crippen LogP contribution in [0.5, 0.6) is 0 Å². The zero-order valence-electron chi connectivity index (χ0n) is 14.9. The van der Waals surface area contributed by atoms with Crippen LogP contribution in [0, 0.1) is 5.41 Å². The number of hydrogen-bond donors (Lipinski definition) is 0. The van der Waals surface area contributed by atoms with Crippen molar-refractivity contribution in [1.82, 2.24) is 0 Å². The van der Waals surface area contributed by atoms with E-state index < -0.39 is 26.9 Å². The highest BCUT2D eigenvalue weighted by Gasteiger charge is 2.33. The molecule has 0 aromatic rings. The Morgan fingerprint density at radius 3 is 2.19 bits per heavy atom. The molecule has 0 aromatic heterocycles. The molecule has 0 aromatic carbocycles. The summed E-state index contributed by atoms with van der Waals surface area (Å²) in [6.45, 7) is 5.71. The molecular formula is C11H25O4P. The van der Waals surface area contributed by atoms with E-state index in [0.717, 1.165) is 0 Å². The minimum Gasteiger partial charge on any atom is -0.287 e. The van der Waals surface area contributed by atoms with Gasteiger partial charge in [0, 0.05) is 2.74 Å². The van der Waals surface area contributed by atoms with Crippen LogP contribution in [0.3, 0.4) is 0 Å². The van der Waals surface area contributed by atoms with Gasteiger partial charge in [-0.2, -0.15) is 0 Å². The fourth-order valence-corrected chi connectivity index (χ4v) is 2.23. The summed E-state index contributed by atoms with van der Waals surface area (Å²) in [6.07, 6.45) is 0. The van der Waals surface area contributed by atoms with Crippen molar-refractivity contribution in [3.63, 3.8) is 0 Å². The molecule has 0 saturated heterocycles. The zero-order chi connectivity index (χ0) is 16.4. The summed E-state index contributed by atoms with van der Waals surface area (Å²) in [4.78, 5) is 0. The Kier molecular flexibility index (Phi) is 3.55. The third-order valence-electron chi connectivity index (χ3n) is 1.21. The monoisotopic (exact) mass is 258 g/mol. The van der Waals surface area contributed by atoms with Crippen LogP contribution in [0.1, 0.15) is 53.9 Å². The summed E-state index contributed by atoms with van der Waals surface area (Å²) < 4.78 is 56.6. The van der Waals surface area contributed by atoms with Crippen molar-refractivity contribution < 1.29 is 23.6 Å². The Morgan fingerprint density at radius 1 is 1.25 bits per heavy atom. The molecule has 0 heterocycles. The maximum atomic E-state index is 12.5. The second-order valence-corrected chi connectivity index (χ2v) is 7.21. The first-order valence-corrected chi connectivity index (χ1v) is 6.53. The van der Waals surface area contributed by atoms with Crippen molar-refractivity contribution in [3.8, 4) is 0 Å². The summed E-state index contributed by atoms with van der Waals surface area (Å²) in [5, 5.41) is 0. The quantitative estimate of drug-likeness (QED) is 0.699. The van der Waals surface area contributed by atoms with Crippen LogP contribution in [0.25, 0.3) is 0 Å². The van der Waals surface area contributed by atoms with Crippen molar-refractivity contribution >= 4 is 7.82 Å². The molecule has 1 unspecified atom stereocenters. The molecular weight excluding hydrogens is 227 g/mol. The minimum absolute atomic E-state index is 0.0249. The molecule has 0 fully saturated rings. The molecule has 4 nitrogen and oxygen atoms in total. The van der Waals surface area contributed by atoms with Crippen molar-refractivity contribution in [2.24, 2.45) is 5.41 Å². The molecule has 98 valence electrons. The van der Waals surface area contributed by atoms with E-state index in [2.05, 4.69) is 0 Å². The fourth-order valence-electron chi connectivity index (χ4n) is 0.744. The van der Waals surface area contributed by atoms with Gasteiger partial charge >= 0.3 is 7.82 Å². The molecule has 0 N–H and O–H groups in total. The number of phosphoric ester groups is 1. The Morgan fingerprint density at radius 2 is 1.81 bits per heavy atom. The molecule has 0 radical (unpaired) electrons. The molecule has 1 atom stereocenters. The first-order chi connectivity index (χ1) is 8.56. The molecule has 0 rings (SSSR count). The Hall–Kier alpha value is 0.110. The molecule has 16 heavy (non-hydrogen) atoms. The Labute approximate surface area is 105 Å². The molecule has 0 aliphatic rings. The van der Waals surface area contributed by atoms with E-state index in [1.807, 2.05) is 20.8 Å². The van der Waals surface area contributed by atoms with Crippen molar-refractivity contribution in [2.45, 2.75) is 54.0 Å². The van der Waals surface area contributed by atoms with Crippen LogP contribution < -0.4 is 0 Å². The highest BCUT2D eigenvalue weighted by Crippen LogP contribution is 2.53. The van der Waals surface area contributed by atoms with E-state index >= 15 is 0 Å². The Balaban J connectivity index is 5.12. The fraction of sp³-hybridized carbons (Fsp3) is 1.00. The maximum Gasteiger partial charge on any atom is 0.475 e. The van der Waals surface area contributed by atoms with Crippen LogP contribution in [-0.4, -0.2) is 18.8 Å². The van der Waals surface area contributed by atoms with Crippen LogP contribution in [0.2, 0.25) is 0 Å². The second kappa shape index (κ2) is 5.63. The third-order valence-corrected chi connectivity index (χ3v) is 2.75. The van der Waals surface area contributed by atoms with E-state index in [1.165, 1.54) is 0 Å². The summed E-state index contributed by atoms with van der Waals surface area (Å²) in [5.41, 5.74) is -1.21. The van der Waals surface area contributed by atoms with Crippen LogP contribution >= 0.6 is 7.82 Å². The summed E-state index contributed by atoms with van der Waals surface area (Å²) in [7, 11) is -4.23. The highest BCUT2D eigenvalue weighted by atomic mass is 31.2. The van der Waals surface area contributed by atoms with Gasteiger partial charge in [-0.1, -0.05) is 20.8 Å². The van der Waals surface area contributed by atoms with E-state index in [4.69, 9.17) is 19.1 Å². The lowest BCUT2D eigenvalue weighted by Crippen LogP contribution is -2.21. The van der Waals surface area contributed by atoms with Gasteiger partial charge in [-0.25, -0.2) is 4.57 Å². The molecule has 5 heteroatoms. The van der Waals surface area contributed by atoms with E-state index in [9.17, 15) is 4.57 Å². The van der Waals surface area contributed by atoms with E-state index in [1.54, 1.807) is 20.8 Å². The van der Waals surface area contributed by atoms with Crippen LogP contribution in [0.4, 0.5) is 0 Å². The van der Waals surface area contributed by atoms with Gasteiger partial charge in [0.05, 0.1) is 21.5 Å². The molecule has 0 saturated carbocycles. The Bertz CT molecular complexity index is 360. The molecule has 0 amide bonds. The number of phosphoric acid groups is 1. The van der Waals surface area contributed by atoms with Gasteiger partial charge in [-0.15, -0.1) is 0 Å². The predicted molar refractivity (Wildman–Crippen MR) is 65.5 cm³/mol. The standard InChI is InChI=1S/C11H25O4P/c1-8-13-16(12,15-11(5,6)7)14-9-10(2,3)4/h8-9H2,1-7H3/i1D2,8T2. The lowest BCUT2D eigenvalue weighted by molar-refractivity contribution is 0.0321. The molecule has 0 aliphatic heterocycles. The number of hydrogen-bond acceptors (Lipinski definition) is 4. The van der Waals surface area contributed by atoms with Gasteiger partial charge in [-0.3, -0.25) is 13.6 Å². The van der Waals surface area contributed by atoms with E-state index in [0.29, 0.717) is 0 Å². The topological polar surface area (TPSA) is 44.8 Å². The summed E-state index contributed by atoms with van der Waals surface area (Å²) >= 11 is 0. The van der Waals surface area contributed by atoms with Crippen molar-refractivity contribution in [3.05, 3.63) is 0 Å². The maximum absolute atomic E-state index is 12.5. The van der Waals surface area contributed by atoms with Crippen molar-refractivity contribution in [2.75, 3.05) is 13.2 Å². The summed E-state index contributed by atoms with van der Waals surface area (Å²) in [5.74, 6) is 0.